The average Bonchev–Trinajstić information content (AvgIpc) is 3.58. The fourth-order valence-corrected chi connectivity index (χ4v) is 5.90. The Morgan fingerprint density at radius 3 is 2.54 bits per heavy atom. The van der Waals surface area contributed by atoms with Gasteiger partial charge in [-0.1, -0.05) is 24.3 Å². The highest BCUT2D eigenvalue weighted by atomic mass is 19.1. The number of amides is 1. The molecule has 3 aromatic rings. The Morgan fingerprint density at radius 1 is 1.10 bits per heavy atom. The summed E-state index contributed by atoms with van der Waals surface area (Å²) in [5, 5.41) is 14.0. The van der Waals surface area contributed by atoms with Crippen molar-refractivity contribution in [3.05, 3.63) is 53.8 Å². The number of halogens is 1. The first-order valence-electron chi connectivity index (χ1n) is 14.1. The van der Waals surface area contributed by atoms with Gasteiger partial charge in [-0.05, 0) is 56.7 Å². The van der Waals surface area contributed by atoms with Gasteiger partial charge in [-0.25, -0.2) is 4.39 Å². The number of likely N-dealkylation sites (N-methyl/N-ethyl adjacent to an activating group) is 1. The van der Waals surface area contributed by atoms with E-state index in [4.69, 9.17) is 14.0 Å². The molecule has 1 aliphatic heterocycles. The van der Waals surface area contributed by atoms with Crippen LogP contribution >= 0.6 is 0 Å². The minimum absolute atomic E-state index is 0.00247. The molecule has 2 atom stereocenters. The topological polar surface area (TPSA) is 117 Å². The van der Waals surface area contributed by atoms with Gasteiger partial charge in [0.25, 0.3) is 6.01 Å². The number of benzene rings is 2. The summed E-state index contributed by atoms with van der Waals surface area (Å²) in [5.41, 5.74) is 1.37. The molecule has 2 N–H and O–H groups in total. The summed E-state index contributed by atoms with van der Waals surface area (Å²) >= 11 is 0. The Balaban J connectivity index is 1.28. The molecule has 11 heteroatoms. The molecule has 5 rings (SSSR count). The van der Waals surface area contributed by atoms with Crippen molar-refractivity contribution in [2.45, 2.75) is 63.1 Å². The van der Waals surface area contributed by atoms with Gasteiger partial charge in [0.1, 0.15) is 5.52 Å². The van der Waals surface area contributed by atoms with Crippen LogP contribution in [0.1, 0.15) is 44.1 Å². The van der Waals surface area contributed by atoms with Crippen LogP contribution in [0.25, 0.3) is 11.1 Å². The molecule has 2 fully saturated rings. The summed E-state index contributed by atoms with van der Waals surface area (Å²) in [6.45, 7) is 0.875. The van der Waals surface area contributed by atoms with E-state index in [1.54, 1.807) is 24.3 Å². The molecular weight excluding hydrogens is 531 g/mol. The number of hydroxylamine groups is 2. The number of aliphatic carboxylic acids is 1. The second kappa shape index (κ2) is 13.0. The lowest BCUT2D eigenvalue weighted by molar-refractivity contribution is -0.146. The van der Waals surface area contributed by atoms with E-state index in [9.17, 15) is 14.7 Å². The smallest absolute Gasteiger partial charge is 0.306 e. The van der Waals surface area contributed by atoms with Gasteiger partial charge in [0, 0.05) is 30.9 Å². The van der Waals surface area contributed by atoms with E-state index in [2.05, 4.69) is 10.3 Å². The number of anilines is 2. The molecule has 220 valence electrons. The Labute approximate surface area is 238 Å². The van der Waals surface area contributed by atoms with Crippen molar-refractivity contribution < 1.29 is 33.1 Å². The predicted molar refractivity (Wildman–Crippen MR) is 150 cm³/mol. The van der Waals surface area contributed by atoms with Crippen LogP contribution in [-0.2, 0) is 25.6 Å². The highest BCUT2D eigenvalue weighted by Gasteiger charge is 2.38. The third-order valence-corrected chi connectivity index (χ3v) is 8.18. The number of hydrogen-bond donors (Lipinski definition) is 2. The monoisotopic (exact) mass is 568 g/mol. The first-order valence-corrected chi connectivity index (χ1v) is 14.1. The minimum atomic E-state index is -0.749. The fraction of sp³-hybridized carbons (Fsp3) is 0.500. The number of oxazole rings is 1. The third-order valence-electron chi connectivity index (χ3n) is 8.18. The molecule has 1 aliphatic carbocycles. The molecule has 2 heterocycles. The van der Waals surface area contributed by atoms with Crippen molar-refractivity contribution >= 4 is 34.7 Å². The normalized spacial score (nSPS) is 22.9. The molecule has 0 bridgehead atoms. The molecule has 0 spiro atoms. The summed E-state index contributed by atoms with van der Waals surface area (Å²) in [4.78, 5) is 36.5. The molecule has 41 heavy (non-hydrogen) atoms. The van der Waals surface area contributed by atoms with Gasteiger partial charge in [0.15, 0.2) is 11.4 Å². The number of carboxylic acid groups (broad SMARTS) is 1. The van der Waals surface area contributed by atoms with Crippen LogP contribution in [-0.4, -0.2) is 77.4 Å². The van der Waals surface area contributed by atoms with E-state index >= 15 is 4.39 Å². The number of fused-ring (bicyclic) bond motifs is 1. The number of para-hydroxylation sites is 1. The van der Waals surface area contributed by atoms with E-state index in [1.165, 1.54) is 0 Å². The average molecular weight is 569 g/mol. The van der Waals surface area contributed by atoms with Crippen molar-refractivity contribution in [3.8, 4) is 0 Å². The van der Waals surface area contributed by atoms with Gasteiger partial charge < -0.3 is 29.3 Å². The first kappa shape index (κ1) is 29.0. The van der Waals surface area contributed by atoms with Crippen LogP contribution in [0.5, 0.6) is 0 Å². The van der Waals surface area contributed by atoms with Crippen LogP contribution in [0.15, 0.2) is 46.9 Å². The second-order valence-electron chi connectivity index (χ2n) is 10.9. The Hall–Kier alpha value is -3.54. The zero-order valence-electron chi connectivity index (χ0n) is 23.4. The number of aromatic nitrogens is 1. The van der Waals surface area contributed by atoms with E-state index in [-0.39, 0.29) is 53.6 Å². The lowest BCUT2D eigenvalue weighted by atomic mass is 9.87. The number of carbonyl (C=O) groups excluding carboxylic acids is 1. The number of hydrogen-bond acceptors (Lipinski definition) is 8. The maximum Gasteiger partial charge on any atom is 0.306 e. The Kier molecular flexibility index (Phi) is 9.16. The maximum atomic E-state index is 15.6. The van der Waals surface area contributed by atoms with Crippen LogP contribution in [0, 0.1) is 11.7 Å². The summed E-state index contributed by atoms with van der Waals surface area (Å²) < 4.78 is 27.5. The molecule has 1 saturated heterocycles. The van der Waals surface area contributed by atoms with Gasteiger partial charge in [-0.2, -0.15) is 10.0 Å². The minimum Gasteiger partial charge on any atom is -0.481 e. The number of ether oxygens (including phenoxy) is 1. The van der Waals surface area contributed by atoms with Crippen LogP contribution in [0.4, 0.5) is 16.1 Å². The van der Waals surface area contributed by atoms with Gasteiger partial charge in [-0.15, -0.1) is 0 Å². The molecule has 0 radical (unpaired) electrons. The lowest BCUT2D eigenvalue weighted by Crippen LogP contribution is -2.48. The Morgan fingerprint density at radius 2 is 1.83 bits per heavy atom. The first-order chi connectivity index (χ1) is 19.8. The van der Waals surface area contributed by atoms with Crippen LogP contribution < -0.4 is 5.32 Å². The predicted octanol–water partition coefficient (Wildman–Crippen LogP) is 4.77. The van der Waals surface area contributed by atoms with E-state index < -0.39 is 11.8 Å². The van der Waals surface area contributed by atoms with Crippen molar-refractivity contribution in [1.29, 1.82) is 0 Å². The molecule has 0 unspecified atom stereocenters. The van der Waals surface area contributed by atoms with E-state index in [0.29, 0.717) is 44.4 Å². The number of nitrogens with one attached hydrogen (secondary N) is 1. The third kappa shape index (κ3) is 6.86. The van der Waals surface area contributed by atoms with Crippen LogP contribution in [0.2, 0.25) is 0 Å². The summed E-state index contributed by atoms with van der Waals surface area (Å²) in [6.07, 6.45) is 3.97. The number of likely N-dealkylation sites (tertiary alicyclic amines) is 1. The van der Waals surface area contributed by atoms with Gasteiger partial charge in [-0.3, -0.25) is 9.59 Å². The van der Waals surface area contributed by atoms with Crippen molar-refractivity contribution in [2.24, 2.45) is 5.92 Å². The zero-order valence-corrected chi connectivity index (χ0v) is 23.4. The highest BCUT2D eigenvalue weighted by molar-refractivity contribution is 5.83. The van der Waals surface area contributed by atoms with Gasteiger partial charge in [0.05, 0.1) is 38.2 Å². The molecule has 10 nitrogen and oxygen atoms in total. The van der Waals surface area contributed by atoms with E-state index in [1.807, 2.05) is 42.3 Å². The SMILES string of the molecule is CON(C)C[C@@H]1CC[C@@H](COC2CCC(C(=O)O)CC2)N1C(=O)Cc1ccc2nc(Nc3ccccc3)oc2c1F. The molecule has 2 aromatic carbocycles. The maximum absolute atomic E-state index is 15.6. The number of rotatable bonds is 11. The Bertz CT molecular complexity index is 1340. The molecule has 1 amide bonds. The fourth-order valence-electron chi connectivity index (χ4n) is 5.90. The van der Waals surface area contributed by atoms with Gasteiger partial charge >= 0.3 is 5.97 Å². The van der Waals surface area contributed by atoms with E-state index in [0.717, 1.165) is 18.5 Å². The number of carbonyl (C=O) groups is 2. The van der Waals surface area contributed by atoms with Gasteiger partial charge in [0.2, 0.25) is 5.91 Å². The number of carboxylic acids is 1. The molecule has 1 aromatic heterocycles. The number of nitrogens with zero attached hydrogens (tertiary/aromatic N) is 3. The summed E-state index contributed by atoms with van der Waals surface area (Å²) in [6, 6.07) is 12.5. The quantitative estimate of drug-likeness (QED) is 0.316. The second-order valence-corrected chi connectivity index (χ2v) is 10.9. The summed E-state index contributed by atoms with van der Waals surface area (Å²) in [5.74, 6) is -1.85. The zero-order chi connectivity index (χ0) is 28.9. The summed E-state index contributed by atoms with van der Waals surface area (Å²) in [7, 11) is 3.39. The molecule has 2 aliphatic rings. The van der Waals surface area contributed by atoms with Crippen LogP contribution in [0.3, 0.4) is 0 Å². The standard InChI is InChI=1S/C30H37FN4O6/c1-34(39-2)17-22-11-12-23(18-40-24-13-8-19(9-14-24)29(37)38)35(22)26(36)16-20-10-15-25-28(27(20)31)41-30(33-25)32-21-6-4-3-5-7-21/h3-7,10,15,19,22-24H,8-9,11-14,16-18H2,1-2H3,(H,32,33)(H,37,38)/t19?,22-,23-,24?/m0/s1. The van der Waals surface area contributed by atoms with Crippen molar-refractivity contribution in [3.63, 3.8) is 0 Å². The highest BCUT2D eigenvalue weighted by Crippen LogP contribution is 2.31. The van der Waals surface area contributed by atoms with Crippen molar-refractivity contribution in [2.75, 3.05) is 32.6 Å². The largest absolute Gasteiger partial charge is 0.481 e. The molecule has 1 saturated carbocycles. The molecular formula is C30H37FN4O6. The lowest BCUT2D eigenvalue weighted by Gasteiger charge is -2.34. The van der Waals surface area contributed by atoms with Crippen molar-refractivity contribution in [1.82, 2.24) is 14.9 Å².